The summed E-state index contributed by atoms with van der Waals surface area (Å²) >= 11 is 0. The molecule has 28 heavy (non-hydrogen) atoms. The van der Waals surface area contributed by atoms with Gasteiger partial charge in [-0.05, 0) is 43.3 Å². The standard InChI is InChI=1S/C23H27FN4/c1-3-26-10-12-27(13-11-26)16-20-17-28(22-9-4-6-18(2)14-22)25-23(20)19-7-5-8-21(24)15-19/h4-9,14-15,17H,3,10-13,16H2,1-2H3. The Bertz CT molecular complexity index is 941. The molecule has 5 heteroatoms. The first-order valence-electron chi connectivity index (χ1n) is 9.98. The van der Waals surface area contributed by atoms with Crippen LogP contribution in [0.5, 0.6) is 0 Å². The van der Waals surface area contributed by atoms with Gasteiger partial charge in [0.05, 0.1) is 11.4 Å². The Balaban J connectivity index is 1.67. The summed E-state index contributed by atoms with van der Waals surface area (Å²) < 4.78 is 15.8. The van der Waals surface area contributed by atoms with Crippen LogP contribution in [0.25, 0.3) is 16.9 Å². The van der Waals surface area contributed by atoms with E-state index in [-0.39, 0.29) is 5.82 Å². The maximum Gasteiger partial charge on any atom is 0.123 e. The fourth-order valence-electron chi connectivity index (χ4n) is 3.81. The van der Waals surface area contributed by atoms with Crippen molar-refractivity contribution in [3.63, 3.8) is 0 Å². The maximum absolute atomic E-state index is 13.9. The molecule has 0 saturated carbocycles. The molecular formula is C23H27FN4. The molecular weight excluding hydrogens is 351 g/mol. The van der Waals surface area contributed by atoms with Crippen LogP contribution >= 0.6 is 0 Å². The maximum atomic E-state index is 13.9. The number of rotatable bonds is 5. The molecule has 1 saturated heterocycles. The summed E-state index contributed by atoms with van der Waals surface area (Å²) in [6.07, 6.45) is 2.10. The van der Waals surface area contributed by atoms with Crippen molar-refractivity contribution in [1.82, 2.24) is 19.6 Å². The Morgan fingerprint density at radius 1 is 0.964 bits per heavy atom. The van der Waals surface area contributed by atoms with Gasteiger partial charge in [0.2, 0.25) is 0 Å². The minimum atomic E-state index is -0.231. The molecule has 0 unspecified atom stereocenters. The molecule has 0 bridgehead atoms. The van der Waals surface area contributed by atoms with Gasteiger partial charge >= 0.3 is 0 Å². The molecule has 1 aliphatic rings. The van der Waals surface area contributed by atoms with E-state index in [4.69, 9.17) is 5.10 Å². The second-order valence-corrected chi connectivity index (χ2v) is 7.51. The van der Waals surface area contributed by atoms with E-state index in [1.807, 2.05) is 16.8 Å². The average Bonchev–Trinajstić information content (AvgIpc) is 3.12. The smallest absolute Gasteiger partial charge is 0.123 e. The van der Waals surface area contributed by atoms with Gasteiger partial charge in [-0.1, -0.05) is 31.2 Å². The average molecular weight is 378 g/mol. The molecule has 0 N–H and O–H groups in total. The number of aromatic nitrogens is 2. The summed E-state index contributed by atoms with van der Waals surface area (Å²) in [7, 11) is 0. The number of nitrogens with zero attached hydrogens (tertiary/aromatic N) is 4. The highest BCUT2D eigenvalue weighted by Crippen LogP contribution is 2.26. The third-order valence-electron chi connectivity index (χ3n) is 5.46. The fourth-order valence-corrected chi connectivity index (χ4v) is 3.81. The highest BCUT2D eigenvalue weighted by Gasteiger charge is 2.19. The number of benzene rings is 2. The Morgan fingerprint density at radius 3 is 2.43 bits per heavy atom. The van der Waals surface area contributed by atoms with E-state index in [0.29, 0.717) is 0 Å². The van der Waals surface area contributed by atoms with Crippen LogP contribution in [0.2, 0.25) is 0 Å². The Morgan fingerprint density at radius 2 is 1.71 bits per heavy atom. The van der Waals surface area contributed by atoms with Crippen LogP contribution in [0.1, 0.15) is 18.1 Å². The first-order valence-corrected chi connectivity index (χ1v) is 9.98. The molecule has 0 atom stereocenters. The zero-order chi connectivity index (χ0) is 19.5. The predicted molar refractivity (Wildman–Crippen MR) is 111 cm³/mol. The van der Waals surface area contributed by atoms with Crippen molar-refractivity contribution < 1.29 is 4.39 Å². The van der Waals surface area contributed by atoms with Crippen LogP contribution < -0.4 is 0 Å². The Labute approximate surface area is 166 Å². The quantitative estimate of drug-likeness (QED) is 0.667. The van der Waals surface area contributed by atoms with E-state index in [9.17, 15) is 4.39 Å². The molecule has 0 spiro atoms. The third-order valence-corrected chi connectivity index (χ3v) is 5.46. The van der Waals surface area contributed by atoms with E-state index in [0.717, 1.165) is 61.8 Å². The first kappa shape index (κ1) is 18.8. The van der Waals surface area contributed by atoms with E-state index >= 15 is 0 Å². The van der Waals surface area contributed by atoms with E-state index in [1.165, 1.54) is 11.6 Å². The normalized spacial score (nSPS) is 15.8. The number of piperazine rings is 1. The van der Waals surface area contributed by atoms with Crippen LogP contribution in [0.3, 0.4) is 0 Å². The van der Waals surface area contributed by atoms with Crippen molar-refractivity contribution >= 4 is 0 Å². The summed E-state index contributed by atoms with van der Waals surface area (Å²) in [6.45, 7) is 10.5. The van der Waals surface area contributed by atoms with Crippen LogP contribution in [0.4, 0.5) is 4.39 Å². The molecule has 4 nitrogen and oxygen atoms in total. The third kappa shape index (κ3) is 4.16. The van der Waals surface area contributed by atoms with Crippen molar-refractivity contribution in [3.8, 4) is 16.9 Å². The lowest BCUT2D eigenvalue weighted by Gasteiger charge is -2.33. The van der Waals surface area contributed by atoms with Crippen molar-refractivity contribution in [2.24, 2.45) is 0 Å². The molecule has 2 aromatic carbocycles. The van der Waals surface area contributed by atoms with Gasteiger partial charge in [-0.3, -0.25) is 4.90 Å². The molecule has 4 rings (SSSR count). The minimum absolute atomic E-state index is 0.231. The molecule has 1 aromatic heterocycles. The molecule has 1 aliphatic heterocycles. The zero-order valence-corrected chi connectivity index (χ0v) is 16.6. The molecule has 146 valence electrons. The highest BCUT2D eigenvalue weighted by atomic mass is 19.1. The van der Waals surface area contributed by atoms with E-state index in [1.54, 1.807) is 12.1 Å². The summed E-state index contributed by atoms with van der Waals surface area (Å²) in [6, 6.07) is 15.0. The van der Waals surface area contributed by atoms with Gasteiger partial charge in [0.25, 0.3) is 0 Å². The van der Waals surface area contributed by atoms with Gasteiger partial charge in [0.1, 0.15) is 5.82 Å². The molecule has 1 fully saturated rings. The van der Waals surface area contributed by atoms with Gasteiger partial charge in [-0.25, -0.2) is 9.07 Å². The molecule has 2 heterocycles. The lowest BCUT2D eigenvalue weighted by Crippen LogP contribution is -2.45. The van der Waals surface area contributed by atoms with E-state index in [2.05, 4.69) is 48.0 Å². The monoisotopic (exact) mass is 378 g/mol. The second-order valence-electron chi connectivity index (χ2n) is 7.51. The number of aryl methyl sites for hydroxylation is 1. The van der Waals surface area contributed by atoms with Crippen molar-refractivity contribution in [1.29, 1.82) is 0 Å². The molecule has 3 aromatic rings. The number of halogens is 1. The van der Waals surface area contributed by atoms with Crippen molar-refractivity contribution in [2.45, 2.75) is 20.4 Å². The topological polar surface area (TPSA) is 24.3 Å². The lowest BCUT2D eigenvalue weighted by molar-refractivity contribution is 0.132. The second kappa shape index (κ2) is 8.25. The van der Waals surface area contributed by atoms with Gasteiger partial charge in [-0.15, -0.1) is 0 Å². The van der Waals surface area contributed by atoms with Crippen LogP contribution in [0, 0.1) is 12.7 Å². The van der Waals surface area contributed by atoms with Gasteiger partial charge in [-0.2, -0.15) is 5.10 Å². The fraction of sp³-hybridized carbons (Fsp3) is 0.348. The van der Waals surface area contributed by atoms with Crippen LogP contribution in [-0.4, -0.2) is 52.3 Å². The largest absolute Gasteiger partial charge is 0.301 e. The highest BCUT2D eigenvalue weighted by molar-refractivity contribution is 5.63. The van der Waals surface area contributed by atoms with Crippen LogP contribution in [-0.2, 0) is 6.54 Å². The summed E-state index contributed by atoms with van der Waals surface area (Å²) in [5, 5.41) is 4.84. The Hall–Kier alpha value is -2.50. The minimum Gasteiger partial charge on any atom is -0.301 e. The zero-order valence-electron chi connectivity index (χ0n) is 16.6. The predicted octanol–water partition coefficient (Wildman–Crippen LogP) is 4.12. The van der Waals surface area contributed by atoms with Gasteiger partial charge in [0, 0.05) is 50.0 Å². The van der Waals surface area contributed by atoms with Crippen LogP contribution in [0.15, 0.2) is 54.7 Å². The summed E-state index contributed by atoms with van der Waals surface area (Å²) in [4.78, 5) is 4.94. The van der Waals surface area contributed by atoms with Gasteiger partial charge in [0.15, 0.2) is 0 Å². The number of likely N-dealkylation sites (N-methyl/N-ethyl adjacent to an activating group) is 1. The molecule has 0 aliphatic carbocycles. The van der Waals surface area contributed by atoms with Crippen molar-refractivity contribution in [3.05, 3.63) is 71.7 Å². The number of hydrogen-bond acceptors (Lipinski definition) is 3. The number of hydrogen-bond donors (Lipinski definition) is 0. The first-order chi connectivity index (χ1) is 13.6. The van der Waals surface area contributed by atoms with E-state index < -0.39 is 0 Å². The Kier molecular flexibility index (Phi) is 5.55. The SMILES string of the molecule is CCN1CCN(Cc2cn(-c3cccc(C)c3)nc2-c2cccc(F)c2)CC1. The summed E-state index contributed by atoms with van der Waals surface area (Å²) in [5.41, 5.74) is 5.04. The molecule has 0 radical (unpaired) electrons. The lowest BCUT2D eigenvalue weighted by atomic mass is 10.1. The summed E-state index contributed by atoms with van der Waals surface area (Å²) in [5.74, 6) is -0.231. The molecule has 0 amide bonds. The van der Waals surface area contributed by atoms with Gasteiger partial charge < -0.3 is 4.90 Å². The van der Waals surface area contributed by atoms with Crippen molar-refractivity contribution in [2.75, 3.05) is 32.7 Å².